The number of amides is 1. The summed E-state index contributed by atoms with van der Waals surface area (Å²) < 4.78 is 32.9. The third-order valence-corrected chi connectivity index (χ3v) is 7.50. The molecular weight excluding hydrogens is 412 g/mol. The molecule has 0 bridgehead atoms. The second-order valence-electron chi connectivity index (χ2n) is 8.04. The molecule has 0 aliphatic carbocycles. The van der Waals surface area contributed by atoms with Gasteiger partial charge in [0, 0.05) is 19.1 Å². The highest BCUT2D eigenvalue weighted by Gasteiger charge is 2.33. The quantitative estimate of drug-likeness (QED) is 0.641. The fourth-order valence-corrected chi connectivity index (χ4v) is 5.38. The fraction of sp³-hybridized carbons (Fsp3) is 0.458. The van der Waals surface area contributed by atoms with Crippen LogP contribution in [0.5, 0.6) is 5.75 Å². The number of sulfonamides is 1. The summed E-state index contributed by atoms with van der Waals surface area (Å²) in [7, 11) is -3.64. The van der Waals surface area contributed by atoms with E-state index >= 15 is 0 Å². The van der Waals surface area contributed by atoms with Crippen LogP contribution >= 0.6 is 0 Å². The third-order valence-electron chi connectivity index (χ3n) is 5.62. The van der Waals surface area contributed by atoms with Gasteiger partial charge in [0.25, 0.3) is 0 Å². The summed E-state index contributed by atoms with van der Waals surface area (Å²) >= 11 is 0. The first-order valence-electron chi connectivity index (χ1n) is 11.0. The standard InChI is InChI=1S/C24H32N2O4S/c1-3-30-22-13-15-23(16-14-22)31(28,29)26-17-7-10-21(18-26)24(27)25-19(2)11-12-20-8-5-4-6-9-20/h4-6,8-9,13-16,19,21H,3,7,10-12,17-18H2,1-2H3,(H,25,27)/t19-,21-/m0/s1. The highest BCUT2D eigenvalue weighted by atomic mass is 32.2. The lowest BCUT2D eigenvalue weighted by atomic mass is 9.98. The maximum Gasteiger partial charge on any atom is 0.243 e. The molecule has 0 radical (unpaired) electrons. The second kappa shape index (κ2) is 10.8. The Hall–Kier alpha value is -2.38. The van der Waals surface area contributed by atoms with Crippen molar-refractivity contribution >= 4 is 15.9 Å². The number of carbonyl (C=O) groups excluding carboxylic acids is 1. The molecule has 0 unspecified atom stereocenters. The molecule has 1 saturated heterocycles. The molecule has 6 nitrogen and oxygen atoms in total. The van der Waals surface area contributed by atoms with E-state index in [4.69, 9.17) is 4.74 Å². The van der Waals surface area contributed by atoms with Gasteiger partial charge in [-0.25, -0.2) is 8.42 Å². The van der Waals surface area contributed by atoms with Gasteiger partial charge in [-0.05, 0) is 69.4 Å². The molecule has 2 aromatic carbocycles. The van der Waals surface area contributed by atoms with Gasteiger partial charge >= 0.3 is 0 Å². The number of hydrogen-bond acceptors (Lipinski definition) is 4. The number of hydrogen-bond donors (Lipinski definition) is 1. The van der Waals surface area contributed by atoms with Gasteiger partial charge in [-0.1, -0.05) is 30.3 Å². The van der Waals surface area contributed by atoms with Crippen LogP contribution in [0, 0.1) is 5.92 Å². The van der Waals surface area contributed by atoms with E-state index in [-0.39, 0.29) is 29.3 Å². The van der Waals surface area contributed by atoms with E-state index in [1.54, 1.807) is 24.3 Å². The summed E-state index contributed by atoms with van der Waals surface area (Å²) in [5.74, 6) is 0.249. The molecule has 31 heavy (non-hydrogen) atoms. The normalized spacial score (nSPS) is 18.3. The highest BCUT2D eigenvalue weighted by Crippen LogP contribution is 2.25. The maximum absolute atomic E-state index is 13.1. The average molecular weight is 445 g/mol. The Kier molecular flexibility index (Phi) is 8.09. The van der Waals surface area contributed by atoms with Gasteiger partial charge in [0.05, 0.1) is 17.4 Å². The van der Waals surface area contributed by atoms with Crippen molar-refractivity contribution in [2.45, 2.75) is 50.5 Å². The van der Waals surface area contributed by atoms with Crippen LogP contribution in [0.4, 0.5) is 0 Å². The first kappa shape index (κ1) is 23.3. The minimum atomic E-state index is -3.64. The van der Waals surface area contributed by atoms with Crippen molar-refractivity contribution in [2.24, 2.45) is 5.92 Å². The Labute approximate surface area is 185 Å². The molecule has 1 aliphatic rings. The molecule has 1 aliphatic heterocycles. The van der Waals surface area contributed by atoms with E-state index in [1.165, 1.54) is 9.87 Å². The van der Waals surface area contributed by atoms with Gasteiger partial charge in [-0.2, -0.15) is 4.31 Å². The minimum Gasteiger partial charge on any atom is -0.494 e. The summed E-state index contributed by atoms with van der Waals surface area (Å²) in [5, 5.41) is 3.08. The number of piperidine rings is 1. The zero-order chi connectivity index (χ0) is 22.3. The lowest BCUT2D eigenvalue weighted by Gasteiger charge is -2.32. The van der Waals surface area contributed by atoms with Gasteiger partial charge < -0.3 is 10.1 Å². The molecular formula is C24H32N2O4S. The first-order valence-corrected chi connectivity index (χ1v) is 12.4. The number of benzene rings is 2. The Morgan fingerprint density at radius 1 is 1.16 bits per heavy atom. The number of aryl methyl sites for hydroxylation is 1. The van der Waals surface area contributed by atoms with Crippen molar-refractivity contribution in [1.29, 1.82) is 0 Å². The Morgan fingerprint density at radius 3 is 2.55 bits per heavy atom. The Bertz CT molecular complexity index is 945. The Morgan fingerprint density at radius 2 is 1.87 bits per heavy atom. The largest absolute Gasteiger partial charge is 0.494 e. The molecule has 7 heteroatoms. The van der Waals surface area contributed by atoms with E-state index in [9.17, 15) is 13.2 Å². The zero-order valence-electron chi connectivity index (χ0n) is 18.3. The molecule has 1 amide bonds. The minimum absolute atomic E-state index is 0.0331. The molecule has 1 N–H and O–H groups in total. The van der Waals surface area contributed by atoms with Crippen molar-refractivity contribution in [3.05, 3.63) is 60.2 Å². The van der Waals surface area contributed by atoms with Gasteiger partial charge in [-0.15, -0.1) is 0 Å². The van der Waals surface area contributed by atoms with Gasteiger partial charge in [0.2, 0.25) is 15.9 Å². The van der Waals surface area contributed by atoms with Gasteiger partial charge in [0.1, 0.15) is 5.75 Å². The predicted octanol–water partition coefficient (Wildman–Crippen LogP) is 3.62. The smallest absolute Gasteiger partial charge is 0.243 e. The molecule has 0 aromatic heterocycles. The van der Waals surface area contributed by atoms with Crippen LogP contribution < -0.4 is 10.1 Å². The number of carbonyl (C=O) groups is 1. The van der Waals surface area contributed by atoms with Crippen molar-refractivity contribution in [3.63, 3.8) is 0 Å². The van der Waals surface area contributed by atoms with Crippen LogP contribution in [0.3, 0.4) is 0 Å². The van der Waals surface area contributed by atoms with Crippen molar-refractivity contribution in [3.8, 4) is 5.75 Å². The molecule has 1 fully saturated rings. The molecule has 0 spiro atoms. The topological polar surface area (TPSA) is 75.7 Å². The number of nitrogens with one attached hydrogen (secondary N) is 1. The molecule has 168 valence electrons. The van der Waals surface area contributed by atoms with Crippen LogP contribution in [0.15, 0.2) is 59.5 Å². The summed E-state index contributed by atoms with van der Waals surface area (Å²) in [5.41, 5.74) is 1.24. The number of nitrogens with zero attached hydrogens (tertiary/aromatic N) is 1. The predicted molar refractivity (Wildman–Crippen MR) is 121 cm³/mol. The van der Waals surface area contributed by atoms with E-state index < -0.39 is 10.0 Å². The van der Waals surface area contributed by atoms with E-state index in [2.05, 4.69) is 17.4 Å². The van der Waals surface area contributed by atoms with Gasteiger partial charge in [0.15, 0.2) is 0 Å². The monoisotopic (exact) mass is 444 g/mol. The summed E-state index contributed by atoms with van der Waals surface area (Å²) in [6.07, 6.45) is 3.11. The second-order valence-corrected chi connectivity index (χ2v) is 9.98. The van der Waals surface area contributed by atoms with Crippen LogP contribution in [0.2, 0.25) is 0 Å². The summed E-state index contributed by atoms with van der Waals surface area (Å²) in [6.45, 7) is 5.05. The molecule has 2 aromatic rings. The van der Waals surface area contributed by atoms with Crippen LogP contribution in [-0.4, -0.2) is 44.4 Å². The summed E-state index contributed by atoms with van der Waals surface area (Å²) in [6, 6.07) is 16.7. The maximum atomic E-state index is 13.1. The van der Waals surface area contributed by atoms with Crippen molar-refractivity contribution in [2.75, 3.05) is 19.7 Å². The number of rotatable bonds is 9. The fourth-order valence-electron chi connectivity index (χ4n) is 3.86. The van der Waals surface area contributed by atoms with Crippen LogP contribution in [0.1, 0.15) is 38.7 Å². The summed E-state index contributed by atoms with van der Waals surface area (Å²) in [4.78, 5) is 13.0. The molecule has 2 atom stereocenters. The van der Waals surface area contributed by atoms with E-state index in [0.717, 1.165) is 12.8 Å². The lowest BCUT2D eigenvalue weighted by Crippen LogP contribution is -2.47. The van der Waals surface area contributed by atoms with E-state index in [0.29, 0.717) is 31.7 Å². The third kappa shape index (κ3) is 6.31. The number of ether oxygens (including phenoxy) is 1. The van der Waals surface area contributed by atoms with Crippen LogP contribution in [-0.2, 0) is 21.2 Å². The zero-order valence-corrected chi connectivity index (χ0v) is 19.1. The van der Waals surface area contributed by atoms with Gasteiger partial charge in [-0.3, -0.25) is 4.79 Å². The van der Waals surface area contributed by atoms with Crippen molar-refractivity contribution < 1.29 is 17.9 Å². The molecule has 3 rings (SSSR count). The Balaban J connectivity index is 1.56. The lowest BCUT2D eigenvalue weighted by molar-refractivity contribution is -0.126. The van der Waals surface area contributed by atoms with Crippen LogP contribution in [0.25, 0.3) is 0 Å². The first-order chi connectivity index (χ1) is 14.9. The average Bonchev–Trinajstić information content (AvgIpc) is 2.79. The van der Waals surface area contributed by atoms with E-state index in [1.807, 2.05) is 32.0 Å². The van der Waals surface area contributed by atoms with Crippen molar-refractivity contribution in [1.82, 2.24) is 9.62 Å². The highest BCUT2D eigenvalue weighted by molar-refractivity contribution is 7.89. The molecule has 0 saturated carbocycles. The molecule has 1 heterocycles. The SMILES string of the molecule is CCOc1ccc(S(=O)(=O)N2CCC[C@H](C(=O)N[C@@H](C)CCc3ccccc3)C2)cc1.